The average Bonchev–Trinajstić information content (AvgIpc) is 2.42. The van der Waals surface area contributed by atoms with Crippen molar-refractivity contribution in [1.29, 1.82) is 0 Å². The summed E-state index contributed by atoms with van der Waals surface area (Å²) in [6, 6.07) is 4.93. The van der Waals surface area contributed by atoms with Crippen molar-refractivity contribution in [1.82, 2.24) is 4.90 Å². The summed E-state index contributed by atoms with van der Waals surface area (Å²) in [5.74, 6) is -1.32. The Morgan fingerprint density at radius 2 is 2.20 bits per heavy atom. The van der Waals surface area contributed by atoms with Crippen LogP contribution in [0.4, 0.5) is 10.5 Å². The van der Waals surface area contributed by atoms with E-state index in [1.54, 1.807) is 23.1 Å². The molecule has 20 heavy (non-hydrogen) atoms. The number of carboxylic acid groups (broad SMARTS) is 1. The summed E-state index contributed by atoms with van der Waals surface area (Å²) < 4.78 is 0.843. The number of nitrogens with one attached hydrogen (secondary N) is 1. The van der Waals surface area contributed by atoms with Crippen LogP contribution in [0, 0.1) is 9.49 Å². The number of hydrogen-bond acceptors (Lipinski definition) is 2. The molecular weight excluding hydrogens is 395 g/mol. The fourth-order valence-corrected chi connectivity index (χ4v) is 3.15. The highest BCUT2D eigenvalue weighted by Gasteiger charge is 2.28. The lowest BCUT2D eigenvalue weighted by Gasteiger charge is -2.30. The second kappa shape index (κ2) is 6.62. The van der Waals surface area contributed by atoms with Crippen molar-refractivity contribution in [2.45, 2.75) is 12.8 Å². The third-order valence-corrected chi connectivity index (χ3v) is 4.36. The molecule has 7 heteroatoms. The van der Waals surface area contributed by atoms with Crippen LogP contribution in [0.5, 0.6) is 0 Å². The highest BCUT2D eigenvalue weighted by Crippen LogP contribution is 2.23. The number of carbonyl (C=O) groups is 2. The van der Waals surface area contributed by atoms with Crippen LogP contribution in [-0.4, -0.2) is 35.1 Å². The second-order valence-electron chi connectivity index (χ2n) is 4.68. The lowest BCUT2D eigenvalue weighted by Crippen LogP contribution is -2.44. The molecule has 1 fully saturated rings. The topological polar surface area (TPSA) is 69.6 Å². The van der Waals surface area contributed by atoms with Crippen molar-refractivity contribution in [2.75, 3.05) is 18.4 Å². The summed E-state index contributed by atoms with van der Waals surface area (Å²) in [6.45, 7) is 0.838. The molecule has 0 saturated carbocycles. The predicted octanol–water partition coefficient (Wildman–Crippen LogP) is 3.27. The molecule has 1 atom stereocenters. The van der Waals surface area contributed by atoms with E-state index in [9.17, 15) is 9.59 Å². The van der Waals surface area contributed by atoms with Crippen molar-refractivity contribution < 1.29 is 14.7 Å². The molecule has 0 unspecified atom stereocenters. The highest BCUT2D eigenvalue weighted by molar-refractivity contribution is 14.1. The molecule has 0 bridgehead atoms. The average molecular weight is 409 g/mol. The number of aliphatic carboxylic acids is 1. The Kier molecular flexibility index (Phi) is 5.09. The Bertz CT molecular complexity index is 538. The van der Waals surface area contributed by atoms with Crippen LogP contribution in [0.2, 0.25) is 5.02 Å². The summed E-state index contributed by atoms with van der Waals surface area (Å²) in [4.78, 5) is 24.7. The van der Waals surface area contributed by atoms with Crippen LogP contribution in [0.1, 0.15) is 12.8 Å². The minimum absolute atomic E-state index is 0.255. The standard InChI is InChI=1S/C13H14ClIN2O3/c14-9-3-4-11(10(15)6-9)16-13(20)17-5-1-2-8(7-17)12(18)19/h3-4,6,8H,1-2,5,7H2,(H,16,20)(H,18,19)/t8-/m0/s1. The number of halogens is 2. The van der Waals surface area contributed by atoms with Gasteiger partial charge in [-0.05, 0) is 53.6 Å². The van der Waals surface area contributed by atoms with Crippen molar-refractivity contribution in [3.63, 3.8) is 0 Å². The monoisotopic (exact) mass is 408 g/mol. The number of likely N-dealkylation sites (tertiary alicyclic amines) is 1. The van der Waals surface area contributed by atoms with Gasteiger partial charge in [0.25, 0.3) is 0 Å². The van der Waals surface area contributed by atoms with E-state index in [-0.39, 0.29) is 12.6 Å². The number of rotatable bonds is 2. The van der Waals surface area contributed by atoms with E-state index < -0.39 is 11.9 Å². The Morgan fingerprint density at radius 1 is 1.45 bits per heavy atom. The quantitative estimate of drug-likeness (QED) is 0.738. The summed E-state index contributed by atoms with van der Waals surface area (Å²) in [5.41, 5.74) is 0.678. The third-order valence-electron chi connectivity index (χ3n) is 3.23. The number of nitrogens with zero attached hydrogens (tertiary/aromatic N) is 1. The molecule has 5 nitrogen and oxygen atoms in total. The number of anilines is 1. The van der Waals surface area contributed by atoms with E-state index in [0.29, 0.717) is 30.1 Å². The van der Waals surface area contributed by atoms with Gasteiger partial charge >= 0.3 is 12.0 Å². The summed E-state index contributed by atoms with van der Waals surface area (Å²) in [5, 5.41) is 12.4. The molecule has 0 aromatic heterocycles. The van der Waals surface area contributed by atoms with Crippen LogP contribution in [0.3, 0.4) is 0 Å². The predicted molar refractivity (Wildman–Crippen MR) is 85.1 cm³/mol. The molecule has 1 heterocycles. The molecule has 1 aromatic carbocycles. The van der Waals surface area contributed by atoms with E-state index in [1.807, 2.05) is 0 Å². The van der Waals surface area contributed by atoms with Gasteiger partial charge in [0.2, 0.25) is 0 Å². The molecule has 108 valence electrons. The Labute approximate surface area is 135 Å². The second-order valence-corrected chi connectivity index (χ2v) is 6.28. The maximum absolute atomic E-state index is 12.2. The largest absolute Gasteiger partial charge is 0.481 e. The van der Waals surface area contributed by atoms with Gasteiger partial charge in [0.15, 0.2) is 0 Å². The SMILES string of the molecule is O=C(O)[C@H]1CCCN(C(=O)Nc2ccc(Cl)cc2I)C1. The molecule has 1 aromatic rings. The minimum atomic E-state index is -0.844. The molecule has 0 radical (unpaired) electrons. The zero-order valence-corrected chi connectivity index (χ0v) is 13.5. The van der Waals surface area contributed by atoms with E-state index in [4.69, 9.17) is 16.7 Å². The first kappa shape index (κ1) is 15.4. The Hall–Kier alpha value is -1.02. The fraction of sp³-hybridized carbons (Fsp3) is 0.385. The first-order valence-electron chi connectivity index (χ1n) is 6.21. The van der Waals surface area contributed by atoms with E-state index in [0.717, 1.165) is 3.57 Å². The zero-order valence-electron chi connectivity index (χ0n) is 10.6. The molecule has 0 spiro atoms. The first-order chi connectivity index (χ1) is 9.47. The van der Waals surface area contributed by atoms with Gasteiger partial charge < -0.3 is 15.3 Å². The van der Waals surface area contributed by atoms with Crippen LogP contribution < -0.4 is 5.32 Å². The molecule has 0 aliphatic carbocycles. The third kappa shape index (κ3) is 3.76. The van der Waals surface area contributed by atoms with Gasteiger partial charge in [0, 0.05) is 21.7 Å². The van der Waals surface area contributed by atoms with E-state index in [1.165, 1.54) is 0 Å². The van der Waals surface area contributed by atoms with Gasteiger partial charge in [-0.3, -0.25) is 4.79 Å². The number of carbonyl (C=O) groups excluding carboxylic acids is 1. The Morgan fingerprint density at radius 3 is 2.85 bits per heavy atom. The first-order valence-corrected chi connectivity index (χ1v) is 7.67. The fourth-order valence-electron chi connectivity index (χ4n) is 2.15. The number of carboxylic acids is 1. The number of amides is 2. The lowest BCUT2D eigenvalue weighted by atomic mass is 9.99. The van der Waals surface area contributed by atoms with Gasteiger partial charge in [-0.25, -0.2) is 4.79 Å². The summed E-state index contributed by atoms with van der Waals surface area (Å²) in [7, 11) is 0. The normalized spacial score (nSPS) is 18.7. The summed E-state index contributed by atoms with van der Waals surface area (Å²) >= 11 is 7.96. The molecule has 2 N–H and O–H groups in total. The number of hydrogen-bond donors (Lipinski definition) is 2. The van der Waals surface area contributed by atoms with Gasteiger partial charge in [-0.2, -0.15) is 0 Å². The van der Waals surface area contributed by atoms with Gasteiger partial charge in [-0.15, -0.1) is 0 Å². The smallest absolute Gasteiger partial charge is 0.321 e. The van der Waals surface area contributed by atoms with Crippen LogP contribution >= 0.6 is 34.2 Å². The number of piperidine rings is 1. The van der Waals surface area contributed by atoms with Crippen LogP contribution in [0.15, 0.2) is 18.2 Å². The molecule has 2 amide bonds. The maximum atomic E-state index is 12.2. The Balaban J connectivity index is 2.02. The van der Waals surface area contributed by atoms with E-state index in [2.05, 4.69) is 27.9 Å². The van der Waals surface area contributed by atoms with Crippen molar-refractivity contribution in [3.8, 4) is 0 Å². The molecule has 2 rings (SSSR count). The molecular formula is C13H14ClIN2O3. The summed E-state index contributed by atoms with van der Waals surface area (Å²) in [6.07, 6.45) is 1.33. The van der Waals surface area contributed by atoms with E-state index >= 15 is 0 Å². The number of urea groups is 1. The van der Waals surface area contributed by atoms with Gasteiger partial charge in [0.05, 0.1) is 11.6 Å². The van der Waals surface area contributed by atoms with Gasteiger partial charge in [0.1, 0.15) is 0 Å². The molecule has 1 aliphatic rings. The van der Waals surface area contributed by atoms with Crippen LogP contribution in [0.25, 0.3) is 0 Å². The molecule has 1 saturated heterocycles. The zero-order chi connectivity index (χ0) is 14.7. The number of benzene rings is 1. The molecule has 1 aliphatic heterocycles. The van der Waals surface area contributed by atoms with Crippen LogP contribution in [-0.2, 0) is 4.79 Å². The highest BCUT2D eigenvalue weighted by atomic mass is 127. The van der Waals surface area contributed by atoms with Crippen molar-refractivity contribution >= 4 is 51.9 Å². The maximum Gasteiger partial charge on any atom is 0.321 e. The van der Waals surface area contributed by atoms with Gasteiger partial charge in [-0.1, -0.05) is 11.6 Å². The van der Waals surface area contributed by atoms with Crippen molar-refractivity contribution in [3.05, 3.63) is 26.8 Å². The minimum Gasteiger partial charge on any atom is -0.481 e. The lowest BCUT2D eigenvalue weighted by molar-refractivity contribution is -0.143. The van der Waals surface area contributed by atoms with Crippen molar-refractivity contribution in [2.24, 2.45) is 5.92 Å².